The summed E-state index contributed by atoms with van der Waals surface area (Å²) in [6.45, 7) is 0. The van der Waals surface area contributed by atoms with Gasteiger partial charge in [0.25, 0.3) is 5.56 Å². The molecule has 1 atom stereocenters. The van der Waals surface area contributed by atoms with E-state index in [1.165, 1.54) is 6.20 Å². The lowest BCUT2D eigenvalue weighted by Gasteiger charge is -2.00. The smallest absolute Gasteiger partial charge is 0.349 e. The van der Waals surface area contributed by atoms with Crippen LogP contribution in [0.15, 0.2) is 22.2 Å². The second kappa shape index (κ2) is 4.04. The van der Waals surface area contributed by atoms with Crippen LogP contribution in [0.4, 0.5) is 4.39 Å². The number of hydrogen-bond acceptors (Lipinski definition) is 4. The molecular formula is C6H5FN2O3S. The van der Waals surface area contributed by atoms with E-state index in [0.717, 1.165) is 6.07 Å². The van der Waals surface area contributed by atoms with Crippen LogP contribution < -0.4 is 5.56 Å². The molecule has 7 heteroatoms. The van der Waals surface area contributed by atoms with E-state index >= 15 is 0 Å². The third-order valence-electron chi connectivity index (χ3n) is 1.06. The van der Waals surface area contributed by atoms with Crippen LogP contribution in [0.3, 0.4) is 0 Å². The predicted octanol–water partition coefficient (Wildman–Crippen LogP) is 0.242. The highest BCUT2D eigenvalue weighted by Gasteiger charge is 2.18. The fourth-order valence-corrected chi connectivity index (χ4v) is 1.14. The van der Waals surface area contributed by atoms with Crippen molar-refractivity contribution in [3.05, 3.63) is 22.6 Å². The van der Waals surface area contributed by atoms with Gasteiger partial charge in [-0.05, 0) is 11.8 Å². The Labute approximate surface area is 76.0 Å². The summed E-state index contributed by atoms with van der Waals surface area (Å²) < 4.78 is 12.5. The monoisotopic (exact) mass is 204 g/mol. The van der Waals surface area contributed by atoms with Gasteiger partial charge in [0.05, 0.1) is 0 Å². The van der Waals surface area contributed by atoms with Gasteiger partial charge >= 0.3 is 5.97 Å². The van der Waals surface area contributed by atoms with Gasteiger partial charge in [-0.2, -0.15) is 0 Å². The number of carboxylic acids is 1. The number of rotatable bonds is 3. The Kier molecular flexibility index (Phi) is 3.02. The Hall–Kier alpha value is -1.37. The SMILES string of the molecule is O=C(O)C(F)Sc1nccc(=O)[nH]1. The fourth-order valence-electron chi connectivity index (χ4n) is 0.560. The van der Waals surface area contributed by atoms with Crippen molar-refractivity contribution in [1.82, 2.24) is 9.97 Å². The number of aromatic amines is 1. The number of nitrogens with one attached hydrogen (secondary N) is 1. The number of aromatic nitrogens is 2. The molecule has 0 spiro atoms. The number of thioether (sulfide) groups is 1. The standard InChI is InChI=1S/C6H5FN2O3S/c7-4(5(11)12)13-6-8-2-1-3(10)9-6/h1-2,4H,(H,11,12)(H,8,9,10). The van der Waals surface area contributed by atoms with Gasteiger partial charge in [-0.15, -0.1) is 0 Å². The van der Waals surface area contributed by atoms with Gasteiger partial charge in [0.15, 0.2) is 5.16 Å². The van der Waals surface area contributed by atoms with Crippen molar-refractivity contribution in [1.29, 1.82) is 0 Å². The third kappa shape index (κ3) is 2.86. The van der Waals surface area contributed by atoms with Crippen LogP contribution in [-0.2, 0) is 4.79 Å². The van der Waals surface area contributed by atoms with Crippen LogP contribution in [0, 0.1) is 0 Å². The van der Waals surface area contributed by atoms with Gasteiger partial charge in [-0.3, -0.25) is 4.79 Å². The molecule has 0 saturated heterocycles. The van der Waals surface area contributed by atoms with Crippen molar-refractivity contribution in [2.45, 2.75) is 10.7 Å². The molecule has 0 bridgehead atoms. The molecule has 0 aromatic carbocycles. The zero-order chi connectivity index (χ0) is 9.84. The molecule has 1 heterocycles. The number of carbonyl (C=O) groups is 1. The summed E-state index contributed by atoms with van der Waals surface area (Å²) in [4.78, 5) is 26.5. The molecule has 0 aliphatic carbocycles. The predicted molar refractivity (Wildman–Crippen MR) is 43.2 cm³/mol. The van der Waals surface area contributed by atoms with Crippen LogP contribution >= 0.6 is 11.8 Å². The minimum Gasteiger partial charge on any atom is -0.478 e. The summed E-state index contributed by atoms with van der Waals surface area (Å²) >= 11 is 0.333. The summed E-state index contributed by atoms with van der Waals surface area (Å²) in [5.74, 6) is -1.60. The summed E-state index contributed by atoms with van der Waals surface area (Å²) in [7, 11) is 0. The highest BCUT2D eigenvalue weighted by atomic mass is 32.2. The van der Waals surface area contributed by atoms with E-state index in [0.29, 0.717) is 11.8 Å². The average Bonchev–Trinajstić information content (AvgIpc) is 2.04. The maximum absolute atomic E-state index is 12.5. The second-order valence-corrected chi connectivity index (χ2v) is 3.05. The van der Waals surface area contributed by atoms with Gasteiger partial charge in [0.1, 0.15) is 0 Å². The Morgan fingerprint density at radius 2 is 2.46 bits per heavy atom. The minimum absolute atomic E-state index is 0.0533. The van der Waals surface area contributed by atoms with Crippen LogP contribution in [0.5, 0.6) is 0 Å². The summed E-state index contributed by atoms with van der Waals surface area (Å²) in [6.07, 6.45) is 1.18. The Bertz CT molecular complexity index is 367. The minimum atomic E-state index is -2.12. The fraction of sp³-hybridized carbons (Fsp3) is 0.167. The highest BCUT2D eigenvalue weighted by molar-refractivity contribution is 8.00. The normalized spacial score (nSPS) is 12.4. The topological polar surface area (TPSA) is 83.0 Å². The third-order valence-corrected chi connectivity index (χ3v) is 1.90. The lowest BCUT2D eigenvalue weighted by Crippen LogP contribution is -2.12. The Morgan fingerprint density at radius 1 is 1.77 bits per heavy atom. The first-order valence-electron chi connectivity index (χ1n) is 3.18. The molecule has 70 valence electrons. The van der Waals surface area contributed by atoms with Crippen LogP contribution in [0.25, 0.3) is 0 Å². The zero-order valence-electron chi connectivity index (χ0n) is 6.23. The molecule has 0 fully saturated rings. The first-order valence-corrected chi connectivity index (χ1v) is 4.06. The van der Waals surface area contributed by atoms with Gasteiger partial charge in [0.2, 0.25) is 5.50 Å². The number of nitrogens with zero attached hydrogens (tertiary/aromatic N) is 1. The van der Waals surface area contributed by atoms with Crippen molar-refractivity contribution in [3.8, 4) is 0 Å². The van der Waals surface area contributed by atoms with E-state index in [2.05, 4.69) is 9.97 Å². The van der Waals surface area contributed by atoms with E-state index in [4.69, 9.17) is 5.11 Å². The molecule has 0 amide bonds. The molecule has 1 aromatic heterocycles. The molecule has 2 N–H and O–H groups in total. The van der Waals surface area contributed by atoms with E-state index < -0.39 is 17.0 Å². The lowest BCUT2D eigenvalue weighted by atomic mass is 10.7. The van der Waals surface area contributed by atoms with Crippen LogP contribution in [0.1, 0.15) is 0 Å². The van der Waals surface area contributed by atoms with Crippen LogP contribution in [0.2, 0.25) is 0 Å². The van der Waals surface area contributed by atoms with E-state index in [-0.39, 0.29) is 5.16 Å². The van der Waals surface area contributed by atoms with E-state index in [1.54, 1.807) is 0 Å². The second-order valence-electron chi connectivity index (χ2n) is 2.01. The zero-order valence-corrected chi connectivity index (χ0v) is 7.05. The number of alkyl halides is 1. The summed E-state index contributed by atoms with van der Waals surface area (Å²) in [5, 5.41) is 8.14. The molecule has 0 aliphatic rings. The molecule has 13 heavy (non-hydrogen) atoms. The molecule has 1 unspecified atom stereocenters. The summed E-state index contributed by atoms with van der Waals surface area (Å²) in [5.41, 5.74) is -2.57. The molecule has 1 rings (SSSR count). The van der Waals surface area contributed by atoms with Crippen molar-refractivity contribution in [2.75, 3.05) is 0 Å². The van der Waals surface area contributed by atoms with E-state index in [9.17, 15) is 14.0 Å². The van der Waals surface area contributed by atoms with Crippen molar-refractivity contribution in [2.24, 2.45) is 0 Å². The maximum atomic E-state index is 12.5. The first-order chi connectivity index (χ1) is 6.09. The van der Waals surface area contributed by atoms with E-state index in [1.807, 2.05) is 0 Å². The van der Waals surface area contributed by atoms with Crippen molar-refractivity contribution in [3.63, 3.8) is 0 Å². The molecule has 1 aromatic rings. The van der Waals surface area contributed by atoms with Crippen LogP contribution in [-0.4, -0.2) is 26.5 Å². The van der Waals surface area contributed by atoms with Gasteiger partial charge in [0, 0.05) is 12.3 Å². The number of hydrogen-bond donors (Lipinski definition) is 2. The first kappa shape index (κ1) is 9.72. The molecular weight excluding hydrogens is 199 g/mol. The number of aliphatic carboxylic acids is 1. The Morgan fingerprint density at radius 3 is 3.00 bits per heavy atom. The number of carboxylic acid groups (broad SMARTS) is 1. The average molecular weight is 204 g/mol. The lowest BCUT2D eigenvalue weighted by molar-refractivity contribution is -0.139. The highest BCUT2D eigenvalue weighted by Crippen LogP contribution is 2.18. The Balaban J connectivity index is 2.75. The molecule has 0 saturated carbocycles. The quantitative estimate of drug-likeness (QED) is 0.544. The van der Waals surface area contributed by atoms with Crippen molar-refractivity contribution >= 4 is 17.7 Å². The molecule has 5 nitrogen and oxygen atoms in total. The van der Waals surface area contributed by atoms with Gasteiger partial charge in [-0.25, -0.2) is 14.2 Å². The summed E-state index contributed by atoms with van der Waals surface area (Å²) in [6, 6.07) is 1.15. The largest absolute Gasteiger partial charge is 0.478 e. The molecule has 0 radical (unpaired) electrons. The number of halogens is 1. The maximum Gasteiger partial charge on any atom is 0.349 e. The molecule has 0 aliphatic heterocycles. The van der Waals surface area contributed by atoms with Crippen molar-refractivity contribution < 1.29 is 14.3 Å². The number of H-pyrrole nitrogens is 1. The van der Waals surface area contributed by atoms with Gasteiger partial charge in [-0.1, -0.05) is 0 Å². The van der Waals surface area contributed by atoms with Gasteiger partial charge < -0.3 is 10.1 Å².